The number of sulfonamides is 1. The van der Waals surface area contributed by atoms with Crippen molar-refractivity contribution in [2.24, 2.45) is 0 Å². The van der Waals surface area contributed by atoms with Crippen LogP contribution >= 0.6 is 23.2 Å². The molecule has 174 valence electrons. The quantitative estimate of drug-likeness (QED) is 0.570. The summed E-state index contributed by atoms with van der Waals surface area (Å²) in [5.74, 6) is -0.874. The minimum atomic E-state index is -3.82. The lowest BCUT2D eigenvalue weighted by Crippen LogP contribution is -2.51. The molecule has 0 unspecified atom stereocenters. The Kier molecular flexibility index (Phi) is 8.95. The van der Waals surface area contributed by atoms with Gasteiger partial charge in [0.2, 0.25) is 21.8 Å². The summed E-state index contributed by atoms with van der Waals surface area (Å²) < 4.78 is 26.2. The van der Waals surface area contributed by atoms with Gasteiger partial charge in [0, 0.05) is 23.1 Å². The summed E-state index contributed by atoms with van der Waals surface area (Å²) in [6, 6.07) is 10.9. The van der Waals surface area contributed by atoms with Gasteiger partial charge in [-0.15, -0.1) is 0 Å². The van der Waals surface area contributed by atoms with E-state index in [-0.39, 0.29) is 12.5 Å². The van der Waals surface area contributed by atoms with Crippen molar-refractivity contribution in [3.8, 4) is 0 Å². The van der Waals surface area contributed by atoms with Crippen molar-refractivity contribution in [3.05, 3.63) is 63.6 Å². The largest absolute Gasteiger partial charge is 0.355 e. The molecule has 32 heavy (non-hydrogen) atoms. The van der Waals surface area contributed by atoms with Gasteiger partial charge in [-0.1, -0.05) is 41.4 Å². The van der Waals surface area contributed by atoms with E-state index in [2.05, 4.69) is 5.32 Å². The average molecular weight is 500 g/mol. The molecular weight excluding hydrogens is 473 g/mol. The number of benzene rings is 2. The molecule has 0 radical (unpaired) electrons. The average Bonchev–Trinajstić information content (AvgIpc) is 2.71. The molecule has 1 N–H and O–H groups in total. The summed E-state index contributed by atoms with van der Waals surface area (Å²) in [6.07, 6.45) is 1.02. The van der Waals surface area contributed by atoms with E-state index in [1.165, 1.54) is 11.0 Å². The highest BCUT2D eigenvalue weighted by atomic mass is 35.5. The van der Waals surface area contributed by atoms with Gasteiger partial charge in [0.05, 0.1) is 11.9 Å². The van der Waals surface area contributed by atoms with E-state index in [4.69, 9.17) is 23.2 Å². The Morgan fingerprint density at radius 2 is 1.75 bits per heavy atom. The maximum Gasteiger partial charge on any atom is 0.244 e. The number of anilines is 1. The fourth-order valence-corrected chi connectivity index (χ4v) is 4.46. The molecule has 2 rings (SSSR count). The van der Waals surface area contributed by atoms with E-state index >= 15 is 0 Å². The van der Waals surface area contributed by atoms with Gasteiger partial charge in [0.15, 0.2) is 0 Å². The predicted octanol–water partition coefficient (Wildman–Crippen LogP) is 3.62. The maximum atomic E-state index is 13.4. The highest BCUT2D eigenvalue weighted by Crippen LogP contribution is 2.27. The number of nitrogens with one attached hydrogen (secondary N) is 1. The second-order valence-electron chi connectivity index (χ2n) is 7.42. The molecule has 1 atom stereocenters. The Bertz CT molecular complexity index is 1090. The number of hydrogen-bond acceptors (Lipinski definition) is 4. The molecule has 0 saturated heterocycles. The normalized spacial score (nSPS) is 12.2. The molecule has 0 aliphatic heterocycles. The van der Waals surface area contributed by atoms with Crippen LogP contribution in [-0.4, -0.2) is 50.5 Å². The maximum absolute atomic E-state index is 13.4. The molecule has 10 heteroatoms. The van der Waals surface area contributed by atoms with Crippen LogP contribution < -0.4 is 9.62 Å². The molecule has 2 aromatic rings. The smallest absolute Gasteiger partial charge is 0.244 e. The van der Waals surface area contributed by atoms with E-state index in [1.807, 2.05) is 0 Å². The van der Waals surface area contributed by atoms with E-state index < -0.39 is 28.5 Å². The van der Waals surface area contributed by atoms with Gasteiger partial charge in [-0.25, -0.2) is 8.42 Å². The van der Waals surface area contributed by atoms with Gasteiger partial charge < -0.3 is 10.2 Å². The lowest BCUT2D eigenvalue weighted by molar-refractivity contribution is -0.139. The van der Waals surface area contributed by atoms with Gasteiger partial charge >= 0.3 is 0 Å². The molecule has 0 fully saturated rings. The second kappa shape index (κ2) is 11.0. The minimum absolute atomic E-state index is 0.0871. The first-order valence-electron chi connectivity index (χ1n) is 9.99. The summed E-state index contributed by atoms with van der Waals surface area (Å²) in [5.41, 5.74) is 1.67. The number of nitrogens with zero attached hydrogens (tertiary/aromatic N) is 2. The molecule has 0 saturated carbocycles. The van der Waals surface area contributed by atoms with Crippen LogP contribution in [0.4, 0.5) is 5.69 Å². The number of aryl methyl sites for hydroxylation is 1. The lowest BCUT2D eigenvalue weighted by atomic mass is 10.1. The van der Waals surface area contributed by atoms with Gasteiger partial charge in [0.1, 0.15) is 12.6 Å². The van der Waals surface area contributed by atoms with Crippen LogP contribution in [0.5, 0.6) is 0 Å². The topological polar surface area (TPSA) is 86.8 Å². The third kappa shape index (κ3) is 6.85. The third-order valence-corrected chi connectivity index (χ3v) is 6.48. The highest BCUT2D eigenvalue weighted by Gasteiger charge is 2.30. The molecule has 0 heterocycles. The van der Waals surface area contributed by atoms with Crippen molar-refractivity contribution < 1.29 is 18.0 Å². The fourth-order valence-electron chi connectivity index (χ4n) is 3.18. The first-order chi connectivity index (χ1) is 14.9. The van der Waals surface area contributed by atoms with E-state index in [0.29, 0.717) is 33.4 Å². The van der Waals surface area contributed by atoms with Crippen molar-refractivity contribution in [3.63, 3.8) is 0 Å². The Morgan fingerprint density at radius 1 is 1.09 bits per heavy atom. The molecule has 2 amide bonds. The Labute approximate surface area is 199 Å². The number of carbonyl (C=O) groups excluding carboxylic acids is 2. The monoisotopic (exact) mass is 499 g/mol. The number of likely N-dealkylation sites (N-methyl/N-ethyl adjacent to an activating group) is 1. The zero-order valence-electron chi connectivity index (χ0n) is 18.4. The van der Waals surface area contributed by atoms with E-state index in [0.717, 1.165) is 10.6 Å². The minimum Gasteiger partial charge on any atom is -0.355 e. The zero-order valence-corrected chi connectivity index (χ0v) is 20.8. The highest BCUT2D eigenvalue weighted by molar-refractivity contribution is 7.92. The van der Waals surface area contributed by atoms with Crippen LogP contribution in [0.3, 0.4) is 0 Å². The summed E-state index contributed by atoms with van der Waals surface area (Å²) in [5, 5.41) is 3.54. The van der Waals surface area contributed by atoms with Crippen molar-refractivity contribution in [2.45, 2.75) is 33.4 Å². The summed E-state index contributed by atoms with van der Waals surface area (Å²) in [4.78, 5) is 27.2. The number of halogens is 2. The standard InChI is InChI=1S/C22H27Cl2N3O4S/c1-5-25-22(29)16(3)26(13-17-7-6-8-18(23)11-17)21(28)14-27(32(4,30)31)20-12-19(24)10-9-15(20)2/h6-12,16H,5,13-14H2,1-4H3,(H,25,29)/t16-/m1/s1. The van der Waals surface area contributed by atoms with Crippen LogP contribution in [0.25, 0.3) is 0 Å². The second-order valence-corrected chi connectivity index (χ2v) is 10.2. The number of rotatable bonds is 9. The molecule has 0 aliphatic carbocycles. The molecule has 0 aromatic heterocycles. The van der Waals surface area contributed by atoms with Gasteiger partial charge in [-0.05, 0) is 56.2 Å². The number of hydrogen-bond donors (Lipinski definition) is 1. The molecular formula is C22H27Cl2N3O4S. The lowest BCUT2D eigenvalue weighted by Gasteiger charge is -2.32. The van der Waals surface area contributed by atoms with Gasteiger partial charge in [0.25, 0.3) is 0 Å². The summed E-state index contributed by atoms with van der Waals surface area (Å²) in [7, 11) is -3.82. The Morgan fingerprint density at radius 3 is 2.34 bits per heavy atom. The van der Waals surface area contributed by atoms with Crippen molar-refractivity contribution >= 4 is 50.7 Å². The fraction of sp³-hybridized carbons (Fsp3) is 0.364. The van der Waals surface area contributed by atoms with Gasteiger partial charge in [-0.2, -0.15) is 0 Å². The third-order valence-electron chi connectivity index (χ3n) is 4.88. The molecule has 0 spiro atoms. The predicted molar refractivity (Wildman–Crippen MR) is 129 cm³/mol. The van der Waals surface area contributed by atoms with Crippen LogP contribution in [0.2, 0.25) is 10.0 Å². The van der Waals surface area contributed by atoms with Gasteiger partial charge in [-0.3, -0.25) is 13.9 Å². The Balaban J connectivity index is 2.43. The van der Waals surface area contributed by atoms with E-state index in [9.17, 15) is 18.0 Å². The molecule has 0 aliphatic rings. The van der Waals surface area contributed by atoms with E-state index in [1.54, 1.807) is 57.2 Å². The SMILES string of the molecule is CCNC(=O)[C@@H](C)N(Cc1cccc(Cl)c1)C(=O)CN(c1cc(Cl)ccc1C)S(C)(=O)=O. The molecule has 7 nitrogen and oxygen atoms in total. The first kappa shape index (κ1) is 26.0. The number of amides is 2. The van der Waals surface area contributed by atoms with Crippen molar-refractivity contribution in [1.29, 1.82) is 0 Å². The van der Waals surface area contributed by atoms with Crippen LogP contribution in [0.15, 0.2) is 42.5 Å². The van der Waals surface area contributed by atoms with Crippen molar-refractivity contribution in [1.82, 2.24) is 10.2 Å². The molecule has 2 aromatic carbocycles. The summed E-state index contributed by atoms with van der Waals surface area (Å²) >= 11 is 12.2. The van der Waals surface area contributed by atoms with Crippen LogP contribution in [-0.2, 0) is 26.2 Å². The number of carbonyl (C=O) groups is 2. The Hall–Kier alpha value is -2.29. The first-order valence-corrected chi connectivity index (χ1v) is 12.6. The molecule has 0 bridgehead atoms. The van der Waals surface area contributed by atoms with Crippen molar-refractivity contribution in [2.75, 3.05) is 23.7 Å². The summed E-state index contributed by atoms with van der Waals surface area (Å²) in [6.45, 7) is 5.12. The van der Waals surface area contributed by atoms with Crippen LogP contribution in [0, 0.1) is 6.92 Å². The zero-order chi connectivity index (χ0) is 24.1. The van der Waals surface area contributed by atoms with Crippen LogP contribution in [0.1, 0.15) is 25.0 Å².